The summed E-state index contributed by atoms with van der Waals surface area (Å²) >= 11 is 1.51. The third-order valence-corrected chi connectivity index (χ3v) is 4.47. The van der Waals surface area contributed by atoms with Crippen molar-refractivity contribution in [2.45, 2.75) is 13.5 Å². The number of hydrogen-bond donors (Lipinski definition) is 0. The van der Waals surface area contributed by atoms with Gasteiger partial charge < -0.3 is 14.4 Å². The van der Waals surface area contributed by atoms with E-state index in [4.69, 9.17) is 0 Å². The van der Waals surface area contributed by atoms with Crippen LogP contribution in [0.2, 0.25) is 0 Å². The van der Waals surface area contributed by atoms with E-state index in [-0.39, 0.29) is 18.3 Å². The van der Waals surface area contributed by atoms with Crippen molar-refractivity contribution in [2.24, 2.45) is 0 Å². The molecule has 114 valence electrons. The van der Waals surface area contributed by atoms with E-state index >= 15 is 0 Å². The van der Waals surface area contributed by atoms with Crippen molar-refractivity contribution in [2.75, 3.05) is 31.1 Å². The lowest BCUT2D eigenvalue weighted by Gasteiger charge is -2.35. The maximum Gasteiger partial charge on any atom is 0.264 e. The molecule has 1 aliphatic heterocycles. The lowest BCUT2D eigenvalue weighted by molar-refractivity contribution is 0.0751. The Labute approximate surface area is 134 Å². The predicted octanol–water partition coefficient (Wildman–Crippen LogP) is 2.35. The van der Waals surface area contributed by atoms with Crippen LogP contribution in [0.1, 0.15) is 16.6 Å². The number of hydrogen-bond acceptors (Lipinski definition) is 4. The van der Waals surface area contributed by atoms with Gasteiger partial charge in [-0.25, -0.2) is 4.98 Å². The molecular weight excluding hydrogens is 308 g/mol. The van der Waals surface area contributed by atoms with Gasteiger partial charge in [0.15, 0.2) is 0 Å². The van der Waals surface area contributed by atoms with Gasteiger partial charge in [0.2, 0.25) is 5.95 Å². The fourth-order valence-electron chi connectivity index (χ4n) is 2.50. The highest BCUT2D eigenvalue weighted by atomic mass is 35.5. The summed E-state index contributed by atoms with van der Waals surface area (Å²) in [6.45, 7) is 6.23. The standard InChI is InChI=1S/C14H18N4OS.ClH/c1-2-16-6-5-15-14(16)18-9-7-17(8-10-18)13(19)12-4-3-11-20-12;/h3-6,11H,2,7-10H2,1H3;1H. The topological polar surface area (TPSA) is 41.4 Å². The van der Waals surface area contributed by atoms with Crippen LogP contribution >= 0.6 is 23.7 Å². The maximum atomic E-state index is 12.3. The number of nitrogens with zero attached hydrogens (tertiary/aromatic N) is 4. The average Bonchev–Trinajstić information content (AvgIpc) is 3.17. The minimum absolute atomic E-state index is 0. The zero-order valence-corrected chi connectivity index (χ0v) is 13.6. The maximum absolute atomic E-state index is 12.3. The average molecular weight is 327 g/mol. The number of rotatable bonds is 3. The van der Waals surface area contributed by atoms with E-state index in [1.807, 2.05) is 34.8 Å². The van der Waals surface area contributed by atoms with Gasteiger partial charge in [-0.15, -0.1) is 23.7 Å². The highest BCUT2D eigenvalue weighted by Crippen LogP contribution is 2.17. The number of piperazine rings is 1. The van der Waals surface area contributed by atoms with Crippen molar-refractivity contribution >= 4 is 35.6 Å². The van der Waals surface area contributed by atoms with Crippen LogP contribution < -0.4 is 4.90 Å². The van der Waals surface area contributed by atoms with Crippen molar-refractivity contribution in [3.05, 3.63) is 34.8 Å². The third-order valence-electron chi connectivity index (χ3n) is 3.62. The van der Waals surface area contributed by atoms with Crippen molar-refractivity contribution in [3.8, 4) is 0 Å². The minimum atomic E-state index is 0. The Morgan fingerprint density at radius 1 is 1.33 bits per heavy atom. The van der Waals surface area contributed by atoms with Gasteiger partial charge in [0, 0.05) is 45.1 Å². The van der Waals surface area contributed by atoms with E-state index in [1.165, 1.54) is 11.3 Å². The summed E-state index contributed by atoms with van der Waals surface area (Å²) in [4.78, 5) is 21.7. The first kappa shape index (κ1) is 15.9. The number of imidazole rings is 1. The van der Waals surface area contributed by atoms with Crippen molar-refractivity contribution in [1.29, 1.82) is 0 Å². The SMILES string of the molecule is CCn1ccnc1N1CCN(C(=O)c2cccs2)CC1.Cl. The largest absolute Gasteiger partial charge is 0.339 e. The Bertz CT molecular complexity index is 576. The smallest absolute Gasteiger partial charge is 0.264 e. The molecule has 1 amide bonds. The highest BCUT2D eigenvalue weighted by molar-refractivity contribution is 7.12. The van der Waals surface area contributed by atoms with Crippen LogP contribution in [-0.4, -0.2) is 46.5 Å². The Morgan fingerprint density at radius 3 is 2.71 bits per heavy atom. The number of carbonyl (C=O) groups excluding carboxylic acids is 1. The van der Waals surface area contributed by atoms with Crippen LogP contribution in [-0.2, 0) is 6.54 Å². The van der Waals surface area contributed by atoms with Crippen LogP contribution in [0.15, 0.2) is 29.9 Å². The second-order valence-corrected chi connectivity index (χ2v) is 5.72. The molecule has 5 nitrogen and oxygen atoms in total. The highest BCUT2D eigenvalue weighted by Gasteiger charge is 2.24. The number of halogens is 1. The molecule has 1 aliphatic rings. The van der Waals surface area contributed by atoms with Gasteiger partial charge in [0.25, 0.3) is 5.91 Å². The first-order chi connectivity index (χ1) is 9.79. The van der Waals surface area contributed by atoms with E-state index in [0.717, 1.165) is 43.5 Å². The summed E-state index contributed by atoms with van der Waals surface area (Å²) in [5.41, 5.74) is 0. The molecule has 0 spiro atoms. The predicted molar refractivity (Wildman–Crippen MR) is 87.6 cm³/mol. The molecule has 0 saturated carbocycles. The van der Waals surface area contributed by atoms with Crippen LogP contribution in [0.3, 0.4) is 0 Å². The van der Waals surface area contributed by atoms with Gasteiger partial charge in [-0.3, -0.25) is 4.79 Å². The summed E-state index contributed by atoms with van der Waals surface area (Å²) in [7, 11) is 0. The van der Waals surface area contributed by atoms with Gasteiger partial charge >= 0.3 is 0 Å². The molecule has 0 bridgehead atoms. The van der Waals surface area contributed by atoms with Gasteiger partial charge in [0.05, 0.1) is 4.88 Å². The summed E-state index contributed by atoms with van der Waals surface area (Å²) in [5.74, 6) is 1.16. The third kappa shape index (κ3) is 3.22. The second-order valence-electron chi connectivity index (χ2n) is 4.77. The number of amides is 1. The fraction of sp³-hybridized carbons (Fsp3) is 0.429. The van der Waals surface area contributed by atoms with E-state index in [1.54, 1.807) is 0 Å². The van der Waals surface area contributed by atoms with Gasteiger partial charge in [0.1, 0.15) is 0 Å². The normalized spacial score (nSPS) is 14.9. The molecule has 0 unspecified atom stereocenters. The number of thiophene rings is 1. The van der Waals surface area contributed by atoms with Crippen LogP contribution in [0.4, 0.5) is 5.95 Å². The molecule has 0 aromatic carbocycles. The molecule has 0 N–H and O–H groups in total. The van der Waals surface area contributed by atoms with E-state index in [9.17, 15) is 4.79 Å². The van der Waals surface area contributed by atoms with Crippen molar-refractivity contribution in [3.63, 3.8) is 0 Å². The number of aryl methyl sites for hydroxylation is 1. The quantitative estimate of drug-likeness (QED) is 0.869. The lowest BCUT2D eigenvalue weighted by Crippen LogP contribution is -2.49. The molecule has 3 heterocycles. The first-order valence-electron chi connectivity index (χ1n) is 6.88. The molecular formula is C14H19ClN4OS. The number of aromatic nitrogens is 2. The van der Waals surface area contributed by atoms with E-state index in [2.05, 4.69) is 21.4 Å². The van der Waals surface area contributed by atoms with Crippen LogP contribution in [0.25, 0.3) is 0 Å². The lowest BCUT2D eigenvalue weighted by atomic mass is 10.3. The summed E-state index contributed by atoms with van der Waals surface area (Å²) in [6, 6.07) is 3.81. The molecule has 7 heteroatoms. The van der Waals surface area contributed by atoms with Crippen LogP contribution in [0.5, 0.6) is 0 Å². The molecule has 0 aliphatic carbocycles. The molecule has 21 heavy (non-hydrogen) atoms. The van der Waals surface area contributed by atoms with Crippen molar-refractivity contribution in [1.82, 2.24) is 14.5 Å². The number of carbonyl (C=O) groups is 1. The summed E-state index contributed by atoms with van der Waals surface area (Å²) in [5, 5.41) is 1.95. The van der Waals surface area contributed by atoms with Gasteiger partial charge in [-0.05, 0) is 18.4 Å². The molecule has 0 radical (unpaired) electrons. The van der Waals surface area contributed by atoms with Gasteiger partial charge in [-0.2, -0.15) is 0 Å². The first-order valence-corrected chi connectivity index (χ1v) is 7.76. The molecule has 0 atom stereocenters. The van der Waals surface area contributed by atoms with Gasteiger partial charge in [-0.1, -0.05) is 6.07 Å². The zero-order valence-electron chi connectivity index (χ0n) is 11.9. The molecule has 3 rings (SSSR count). The molecule has 2 aromatic heterocycles. The summed E-state index contributed by atoms with van der Waals surface area (Å²) in [6.07, 6.45) is 3.83. The van der Waals surface area contributed by atoms with Crippen molar-refractivity contribution < 1.29 is 4.79 Å². The Hall–Kier alpha value is -1.53. The fourth-order valence-corrected chi connectivity index (χ4v) is 3.19. The second kappa shape index (κ2) is 6.95. The number of anilines is 1. The Morgan fingerprint density at radius 2 is 2.10 bits per heavy atom. The van der Waals surface area contributed by atoms with Crippen LogP contribution in [0, 0.1) is 0 Å². The molecule has 2 aromatic rings. The Balaban J connectivity index is 0.00000161. The summed E-state index contributed by atoms with van der Waals surface area (Å²) < 4.78 is 2.14. The Kier molecular flexibility index (Phi) is 5.25. The van der Waals surface area contributed by atoms with E-state index < -0.39 is 0 Å². The molecule has 1 fully saturated rings. The zero-order chi connectivity index (χ0) is 13.9. The monoisotopic (exact) mass is 326 g/mol. The minimum Gasteiger partial charge on any atom is -0.339 e. The molecule has 1 saturated heterocycles. The van der Waals surface area contributed by atoms with E-state index in [0.29, 0.717) is 0 Å².